The molecule has 0 aromatic heterocycles. The summed E-state index contributed by atoms with van der Waals surface area (Å²) in [5.41, 5.74) is 0. The molecular formula is C67H128O6. The lowest BCUT2D eigenvalue weighted by atomic mass is 10.0. The molecule has 0 aliphatic carbocycles. The van der Waals surface area contributed by atoms with Gasteiger partial charge in [0.05, 0.1) is 0 Å². The molecule has 0 aromatic carbocycles. The zero-order valence-corrected chi connectivity index (χ0v) is 49.7. The Balaban J connectivity index is 4.12. The molecule has 6 heteroatoms. The number of allylic oxidation sites excluding steroid dienone is 2. The Morgan fingerprint density at radius 1 is 0.260 bits per heavy atom. The molecule has 0 amide bonds. The summed E-state index contributed by atoms with van der Waals surface area (Å²) >= 11 is 0. The molecule has 0 radical (unpaired) electrons. The number of esters is 3. The largest absolute Gasteiger partial charge is 0.462 e. The van der Waals surface area contributed by atoms with Crippen LogP contribution in [-0.2, 0) is 28.6 Å². The van der Waals surface area contributed by atoms with Gasteiger partial charge >= 0.3 is 17.9 Å². The molecule has 1 atom stereocenters. The molecule has 0 aromatic rings. The monoisotopic (exact) mass is 1030 g/mol. The zero-order valence-electron chi connectivity index (χ0n) is 49.7. The molecule has 0 saturated carbocycles. The van der Waals surface area contributed by atoms with Gasteiger partial charge in [-0.1, -0.05) is 328 Å². The van der Waals surface area contributed by atoms with Crippen molar-refractivity contribution in [2.75, 3.05) is 13.2 Å². The molecule has 0 saturated heterocycles. The smallest absolute Gasteiger partial charge is 0.306 e. The highest BCUT2D eigenvalue weighted by molar-refractivity contribution is 5.71. The minimum Gasteiger partial charge on any atom is -0.462 e. The fourth-order valence-corrected chi connectivity index (χ4v) is 10.3. The van der Waals surface area contributed by atoms with E-state index in [2.05, 4.69) is 32.9 Å². The van der Waals surface area contributed by atoms with Gasteiger partial charge in [0.2, 0.25) is 0 Å². The standard InChI is InChI=1S/C67H128O6/c1-4-7-10-13-16-19-22-24-26-28-29-30-31-32-33-34-35-36-37-38-39-41-42-45-48-51-54-57-60-66(69)72-63-64(62-71-65(68)59-56-53-50-47-44-21-18-15-12-9-6-3)73-67(70)61-58-55-52-49-46-43-40-27-25-23-20-17-14-11-8-5-2/h27,40,64H,4-26,28-39,41-63H2,1-3H3/b40-27-. The summed E-state index contributed by atoms with van der Waals surface area (Å²) in [5, 5.41) is 0. The summed E-state index contributed by atoms with van der Waals surface area (Å²) in [4.78, 5) is 38.2. The van der Waals surface area contributed by atoms with E-state index in [9.17, 15) is 14.4 Å². The Hall–Kier alpha value is -1.85. The molecule has 0 heterocycles. The van der Waals surface area contributed by atoms with E-state index in [1.807, 2.05) is 0 Å². The van der Waals surface area contributed by atoms with E-state index in [0.29, 0.717) is 19.3 Å². The van der Waals surface area contributed by atoms with Crippen molar-refractivity contribution >= 4 is 17.9 Å². The summed E-state index contributed by atoms with van der Waals surface area (Å²) in [6, 6.07) is 0. The maximum atomic E-state index is 12.9. The summed E-state index contributed by atoms with van der Waals surface area (Å²) in [7, 11) is 0. The first kappa shape index (κ1) is 71.2. The molecule has 432 valence electrons. The van der Waals surface area contributed by atoms with E-state index < -0.39 is 6.10 Å². The van der Waals surface area contributed by atoms with Gasteiger partial charge in [-0.2, -0.15) is 0 Å². The third-order valence-electron chi connectivity index (χ3n) is 15.3. The number of unbranched alkanes of at least 4 members (excludes halogenated alkanes) is 49. The second-order valence-corrected chi connectivity index (χ2v) is 22.7. The highest BCUT2D eigenvalue weighted by atomic mass is 16.6. The van der Waals surface area contributed by atoms with Gasteiger partial charge in [-0.3, -0.25) is 14.4 Å². The van der Waals surface area contributed by atoms with Gasteiger partial charge in [-0.15, -0.1) is 0 Å². The van der Waals surface area contributed by atoms with E-state index in [4.69, 9.17) is 14.2 Å². The molecule has 0 rings (SSSR count). The van der Waals surface area contributed by atoms with Gasteiger partial charge in [0.15, 0.2) is 6.10 Å². The lowest BCUT2D eigenvalue weighted by Gasteiger charge is -2.18. The van der Waals surface area contributed by atoms with Crippen molar-refractivity contribution in [3.8, 4) is 0 Å². The van der Waals surface area contributed by atoms with Crippen LogP contribution in [0.5, 0.6) is 0 Å². The van der Waals surface area contributed by atoms with Crippen LogP contribution in [0.1, 0.15) is 380 Å². The predicted octanol–water partition coefficient (Wildman–Crippen LogP) is 22.4. The van der Waals surface area contributed by atoms with Crippen molar-refractivity contribution in [3.63, 3.8) is 0 Å². The van der Waals surface area contributed by atoms with Crippen molar-refractivity contribution in [3.05, 3.63) is 12.2 Å². The molecule has 0 N–H and O–H groups in total. The van der Waals surface area contributed by atoms with E-state index in [1.54, 1.807) is 0 Å². The number of hydrogen-bond acceptors (Lipinski definition) is 6. The fraction of sp³-hybridized carbons (Fsp3) is 0.925. The average Bonchev–Trinajstić information content (AvgIpc) is 3.39. The molecule has 0 bridgehead atoms. The summed E-state index contributed by atoms with van der Waals surface area (Å²) in [6.07, 6.45) is 73.9. The van der Waals surface area contributed by atoms with E-state index >= 15 is 0 Å². The first-order valence-electron chi connectivity index (χ1n) is 33.2. The van der Waals surface area contributed by atoms with Crippen molar-refractivity contribution in [1.82, 2.24) is 0 Å². The van der Waals surface area contributed by atoms with Crippen molar-refractivity contribution in [1.29, 1.82) is 0 Å². The van der Waals surface area contributed by atoms with Crippen LogP contribution in [0.25, 0.3) is 0 Å². The Morgan fingerprint density at radius 2 is 0.452 bits per heavy atom. The van der Waals surface area contributed by atoms with Crippen LogP contribution >= 0.6 is 0 Å². The molecule has 0 fully saturated rings. The quantitative estimate of drug-likeness (QED) is 0.0261. The van der Waals surface area contributed by atoms with Crippen LogP contribution in [0.15, 0.2) is 12.2 Å². The van der Waals surface area contributed by atoms with Crippen LogP contribution in [0.2, 0.25) is 0 Å². The van der Waals surface area contributed by atoms with Crippen LogP contribution < -0.4 is 0 Å². The van der Waals surface area contributed by atoms with Crippen LogP contribution in [-0.4, -0.2) is 37.2 Å². The van der Waals surface area contributed by atoms with Gasteiger partial charge in [0, 0.05) is 19.3 Å². The first-order valence-corrected chi connectivity index (χ1v) is 33.2. The van der Waals surface area contributed by atoms with E-state index in [1.165, 1.54) is 276 Å². The average molecular weight is 1030 g/mol. The number of hydrogen-bond donors (Lipinski definition) is 0. The Bertz CT molecular complexity index is 1130. The van der Waals surface area contributed by atoms with Crippen molar-refractivity contribution < 1.29 is 28.6 Å². The molecule has 0 spiro atoms. The molecule has 6 nitrogen and oxygen atoms in total. The van der Waals surface area contributed by atoms with Gasteiger partial charge in [0.1, 0.15) is 13.2 Å². The van der Waals surface area contributed by atoms with Crippen molar-refractivity contribution in [2.45, 2.75) is 386 Å². The van der Waals surface area contributed by atoms with Crippen LogP contribution in [0.3, 0.4) is 0 Å². The van der Waals surface area contributed by atoms with E-state index in [-0.39, 0.29) is 31.1 Å². The lowest BCUT2D eigenvalue weighted by molar-refractivity contribution is -0.167. The highest BCUT2D eigenvalue weighted by Crippen LogP contribution is 2.18. The van der Waals surface area contributed by atoms with Crippen LogP contribution in [0.4, 0.5) is 0 Å². The second-order valence-electron chi connectivity index (χ2n) is 22.7. The lowest BCUT2D eigenvalue weighted by Crippen LogP contribution is -2.30. The maximum Gasteiger partial charge on any atom is 0.306 e. The highest BCUT2D eigenvalue weighted by Gasteiger charge is 2.19. The predicted molar refractivity (Wildman–Crippen MR) is 317 cm³/mol. The summed E-state index contributed by atoms with van der Waals surface area (Å²) in [5.74, 6) is -0.848. The topological polar surface area (TPSA) is 78.9 Å². The number of ether oxygens (including phenoxy) is 3. The molecule has 0 aliphatic heterocycles. The summed E-state index contributed by atoms with van der Waals surface area (Å²) < 4.78 is 16.9. The molecule has 1 unspecified atom stereocenters. The third kappa shape index (κ3) is 60.9. The van der Waals surface area contributed by atoms with Gasteiger partial charge in [-0.05, 0) is 44.9 Å². The fourth-order valence-electron chi connectivity index (χ4n) is 10.3. The zero-order chi connectivity index (χ0) is 52.9. The Labute approximate surface area is 456 Å². The molecular weight excluding hydrogens is 901 g/mol. The SMILES string of the molecule is CCCCCCCCC/C=C\CCCCCCCC(=O)OC(COC(=O)CCCCCCCCCCCCC)COC(=O)CCCCCCCCCCCCCCCCCCCCCCCCCCCCCC. The van der Waals surface area contributed by atoms with Gasteiger partial charge in [-0.25, -0.2) is 0 Å². The third-order valence-corrected chi connectivity index (χ3v) is 15.3. The minimum atomic E-state index is -0.769. The Morgan fingerprint density at radius 3 is 0.685 bits per heavy atom. The minimum absolute atomic E-state index is 0.0672. The van der Waals surface area contributed by atoms with Crippen LogP contribution in [0, 0.1) is 0 Å². The van der Waals surface area contributed by atoms with Gasteiger partial charge < -0.3 is 14.2 Å². The summed E-state index contributed by atoms with van der Waals surface area (Å²) in [6.45, 7) is 6.69. The second kappa shape index (κ2) is 62.7. The van der Waals surface area contributed by atoms with Crippen molar-refractivity contribution in [2.24, 2.45) is 0 Å². The number of rotatable bonds is 62. The normalized spacial score (nSPS) is 12.0. The van der Waals surface area contributed by atoms with E-state index in [0.717, 1.165) is 64.2 Å². The molecule has 0 aliphatic rings. The number of carbonyl (C=O) groups is 3. The first-order chi connectivity index (χ1) is 36.0. The molecule has 73 heavy (non-hydrogen) atoms. The number of carbonyl (C=O) groups excluding carboxylic acids is 3. The Kier molecular flexibility index (Phi) is 61.1. The maximum absolute atomic E-state index is 12.9. The van der Waals surface area contributed by atoms with Gasteiger partial charge in [0.25, 0.3) is 0 Å².